The number of hydrogen-bond donors (Lipinski definition) is 1. The number of rotatable bonds is 7. The molecule has 0 saturated heterocycles. The van der Waals surface area contributed by atoms with Gasteiger partial charge >= 0.3 is 0 Å². The van der Waals surface area contributed by atoms with Crippen LogP contribution in [0.1, 0.15) is 45.7 Å². The van der Waals surface area contributed by atoms with Gasteiger partial charge in [-0.05, 0) is 51.2 Å². The van der Waals surface area contributed by atoms with Gasteiger partial charge in [0.1, 0.15) is 5.82 Å². The zero-order valence-corrected chi connectivity index (χ0v) is 12.8. The minimum atomic E-state index is -0.181. The maximum atomic E-state index is 13.1. The maximum Gasteiger partial charge on any atom is 0.123 e. The van der Waals surface area contributed by atoms with Crippen LogP contribution < -0.4 is 5.32 Å². The van der Waals surface area contributed by atoms with Crippen molar-refractivity contribution >= 4 is 0 Å². The molecule has 0 spiro atoms. The van der Waals surface area contributed by atoms with Gasteiger partial charge in [0.2, 0.25) is 0 Å². The minimum Gasteiger partial charge on any atom is -0.311 e. The van der Waals surface area contributed by atoms with E-state index < -0.39 is 0 Å². The van der Waals surface area contributed by atoms with Crippen LogP contribution in [0.3, 0.4) is 0 Å². The summed E-state index contributed by atoms with van der Waals surface area (Å²) in [6, 6.07) is 7.04. The average molecular weight is 266 g/mol. The predicted octanol–water partition coefficient (Wildman–Crippen LogP) is 3.60. The molecule has 0 saturated carbocycles. The first kappa shape index (κ1) is 16.1. The quantitative estimate of drug-likeness (QED) is 0.811. The minimum absolute atomic E-state index is 0.0239. The average Bonchev–Trinajstić information content (AvgIpc) is 2.43. The largest absolute Gasteiger partial charge is 0.311 e. The molecule has 0 fully saturated rings. The van der Waals surface area contributed by atoms with E-state index in [-0.39, 0.29) is 17.4 Å². The lowest BCUT2D eigenvalue weighted by atomic mass is 9.83. The first-order valence-electron chi connectivity index (χ1n) is 7.21. The van der Waals surface area contributed by atoms with Crippen molar-refractivity contribution in [3.05, 3.63) is 35.6 Å². The van der Waals surface area contributed by atoms with Crippen molar-refractivity contribution in [1.82, 2.24) is 10.2 Å². The van der Waals surface area contributed by atoms with E-state index >= 15 is 0 Å². The standard InChI is InChI=1S/C16H27FN2/c1-6-16(4,19(7-2)8-3)15(18-5)13-9-11-14(17)12-10-13/h9-12,15,18H,6-8H2,1-5H3. The lowest BCUT2D eigenvalue weighted by Gasteiger charge is -2.46. The van der Waals surface area contributed by atoms with Crippen LogP contribution in [0, 0.1) is 5.82 Å². The number of hydrogen-bond acceptors (Lipinski definition) is 2. The monoisotopic (exact) mass is 266 g/mol. The van der Waals surface area contributed by atoms with E-state index in [9.17, 15) is 4.39 Å². The van der Waals surface area contributed by atoms with Crippen molar-refractivity contribution in [2.45, 2.75) is 45.7 Å². The van der Waals surface area contributed by atoms with Crippen LogP contribution in [0.15, 0.2) is 24.3 Å². The zero-order chi connectivity index (χ0) is 14.5. The molecule has 3 heteroatoms. The molecular weight excluding hydrogens is 239 g/mol. The molecule has 19 heavy (non-hydrogen) atoms. The predicted molar refractivity (Wildman–Crippen MR) is 79.8 cm³/mol. The number of benzene rings is 1. The number of nitrogens with one attached hydrogen (secondary N) is 1. The van der Waals surface area contributed by atoms with Gasteiger partial charge < -0.3 is 5.32 Å². The highest BCUT2D eigenvalue weighted by Crippen LogP contribution is 2.33. The molecule has 2 atom stereocenters. The summed E-state index contributed by atoms with van der Waals surface area (Å²) >= 11 is 0. The van der Waals surface area contributed by atoms with Gasteiger partial charge in [0.25, 0.3) is 0 Å². The second kappa shape index (κ2) is 7.01. The highest BCUT2D eigenvalue weighted by molar-refractivity contribution is 5.23. The smallest absolute Gasteiger partial charge is 0.123 e. The third kappa shape index (κ3) is 3.34. The van der Waals surface area contributed by atoms with Crippen molar-refractivity contribution in [3.63, 3.8) is 0 Å². The van der Waals surface area contributed by atoms with E-state index in [1.54, 1.807) is 0 Å². The van der Waals surface area contributed by atoms with E-state index in [0.717, 1.165) is 25.1 Å². The summed E-state index contributed by atoms with van der Waals surface area (Å²) in [4.78, 5) is 2.47. The summed E-state index contributed by atoms with van der Waals surface area (Å²) in [5.74, 6) is -0.181. The van der Waals surface area contributed by atoms with Crippen LogP contribution >= 0.6 is 0 Å². The van der Waals surface area contributed by atoms with Gasteiger partial charge in [0.15, 0.2) is 0 Å². The molecule has 1 N–H and O–H groups in total. The van der Waals surface area contributed by atoms with Crippen LogP contribution in [0.5, 0.6) is 0 Å². The van der Waals surface area contributed by atoms with Gasteiger partial charge in [-0.15, -0.1) is 0 Å². The van der Waals surface area contributed by atoms with Crippen LogP contribution in [-0.4, -0.2) is 30.6 Å². The van der Waals surface area contributed by atoms with Gasteiger partial charge in [0, 0.05) is 5.54 Å². The van der Waals surface area contributed by atoms with Crippen LogP contribution in [0.25, 0.3) is 0 Å². The highest BCUT2D eigenvalue weighted by atomic mass is 19.1. The first-order valence-corrected chi connectivity index (χ1v) is 7.21. The molecule has 1 aromatic rings. The van der Waals surface area contributed by atoms with E-state index in [2.05, 4.69) is 37.9 Å². The second-order valence-electron chi connectivity index (χ2n) is 5.16. The Balaban J connectivity index is 3.14. The molecule has 0 aromatic heterocycles. The summed E-state index contributed by atoms with van der Waals surface area (Å²) < 4.78 is 13.1. The molecule has 0 amide bonds. The Morgan fingerprint density at radius 3 is 2.05 bits per heavy atom. The van der Waals surface area contributed by atoms with E-state index in [1.165, 1.54) is 12.1 Å². The van der Waals surface area contributed by atoms with Gasteiger partial charge in [-0.1, -0.05) is 32.9 Å². The molecule has 2 unspecified atom stereocenters. The first-order chi connectivity index (χ1) is 9.03. The fourth-order valence-corrected chi connectivity index (χ4v) is 3.05. The topological polar surface area (TPSA) is 15.3 Å². The van der Waals surface area contributed by atoms with Crippen molar-refractivity contribution in [1.29, 1.82) is 0 Å². The van der Waals surface area contributed by atoms with Gasteiger partial charge in [-0.3, -0.25) is 4.90 Å². The van der Waals surface area contributed by atoms with Crippen molar-refractivity contribution in [2.24, 2.45) is 0 Å². The van der Waals surface area contributed by atoms with Crippen LogP contribution in [-0.2, 0) is 0 Å². The highest BCUT2D eigenvalue weighted by Gasteiger charge is 2.36. The Hall–Kier alpha value is -0.930. The number of halogens is 1. The molecular formula is C16H27FN2. The van der Waals surface area contributed by atoms with Crippen molar-refractivity contribution in [3.8, 4) is 0 Å². The summed E-state index contributed by atoms with van der Waals surface area (Å²) in [6.45, 7) is 10.9. The Labute approximate surface area is 117 Å². The third-order valence-electron chi connectivity index (χ3n) is 4.32. The summed E-state index contributed by atoms with van der Waals surface area (Å²) in [6.07, 6.45) is 1.04. The Morgan fingerprint density at radius 2 is 1.68 bits per heavy atom. The fourth-order valence-electron chi connectivity index (χ4n) is 3.05. The number of likely N-dealkylation sites (N-methyl/N-ethyl adjacent to an activating group) is 2. The number of nitrogens with zero attached hydrogens (tertiary/aromatic N) is 1. The van der Waals surface area contributed by atoms with Crippen molar-refractivity contribution < 1.29 is 4.39 Å². The van der Waals surface area contributed by atoms with Crippen LogP contribution in [0.4, 0.5) is 4.39 Å². The lowest BCUT2D eigenvalue weighted by Crippen LogP contribution is -2.53. The summed E-state index contributed by atoms with van der Waals surface area (Å²) in [5, 5.41) is 3.41. The molecule has 108 valence electrons. The van der Waals surface area contributed by atoms with Gasteiger partial charge in [-0.2, -0.15) is 0 Å². The normalized spacial score (nSPS) is 16.4. The van der Waals surface area contributed by atoms with E-state index in [0.29, 0.717) is 0 Å². The zero-order valence-electron chi connectivity index (χ0n) is 12.8. The van der Waals surface area contributed by atoms with Crippen molar-refractivity contribution in [2.75, 3.05) is 20.1 Å². The SMILES string of the molecule is CCN(CC)C(C)(CC)C(NC)c1ccc(F)cc1. The van der Waals surface area contributed by atoms with Gasteiger partial charge in [0.05, 0.1) is 6.04 Å². The van der Waals surface area contributed by atoms with Crippen LogP contribution in [0.2, 0.25) is 0 Å². The molecule has 0 radical (unpaired) electrons. The molecule has 0 bridgehead atoms. The molecule has 1 aromatic carbocycles. The molecule has 1 rings (SSSR count). The Morgan fingerprint density at radius 1 is 1.16 bits per heavy atom. The lowest BCUT2D eigenvalue weighted by molar-refractivity contribution is 0.0728. The summed E-state index contributed by atoms with van der Waals surface area (Å²) in [5.41, 5.74) is 1.16. The third-order valence-corrected chi connectivity index (χ3v) is 4.32. The van der Waals surface area contributed by atoms with Gasteiger partial charge in [-0.25, -0.2) is 4.39 Å². The molecule has 0 aliphatic rings. The summed E-state index contributed by atoms with van der Waals surface area (Å²) in [7, 11) is 1.98. The Bertz CT molecular complexity index is 373. The molecule has 0 aliphatic heterocycles. The molecule has 2 nitrogen and oxygen atoms in total. The molecule has 0 aliphatic carbocycles. The fraction of sp³-hybridized carbons (Fsp3) is 0.625. The Kier molecular flexibility index (Phi) is 5.95. The van der Waals surface area contributed by atoms with E-state index in [4.69, 9.17) is 0 Å². The molecule has 0 heterocycles. The maximum absolute atomic E-state index is 13.1. The second-order valence-corrected chi connectivity index (χ2v) is 5.16. The van der Waals surface area contributed by atoms with E-state index in [1.807, 2.05) is 19.2 Å².